The molecule has 1 saturated heterocycles. The number of nitrogens with zero attached hydrogens (tertiary/aromatic N) is 1. The number of carboxylic acids is 1. The summed E-state index contributed by atoms with van der Waals surface area (Å²) < 4.78 is 5.19. The first kappa shape index (κ1) is 15.0. The summed E-state index contributed by atoms with van der Waals surface area (Å²) in [5.41, 5.74) is 0.146. The van der Waals surface area contributed by atoms with Gasteiger partial charge in [-0.15, -0.1) is 0 Å². The molecule has 6 nitrogen and oxygen atoms in total. The molecule has 1 aliphatic rings. The van der Waals surface area contributed by atoms with Crippen LogP contribution in [0.15, 0.2) is 18.2 Å². The molecule has 0 radical (unpaired) electrons. The van der Waals surface area contributed by atoms with Crippen molar-refractivity contribution in [2.24, 2.45) is 5.41 Å². The van der Waals surface area contributed by atoms with Crippen molar-refractivity contribution in [3.05, 3.63) is 29.3 Å². The van der Waals surface area contributed by atoms with Gasteiger partial charge in [-0.1, -0.05) is 6.07 Å². The Kier molecular flexibility index (Phi) is 4.24. The van der Waals surface area contributed by atoms with E-state index < -0.39 is 17.3 Å². The highest BCUT2D eigenvalue weighted by atomic mass is 16.5. The van der Waals surface area contributed by atoms with E-state index in [1.165, 1.54) is 12.1 Å². The predicted molar refractivity (Wildman–Crippen MR) is 74.9 cm³/mol. The number of ether oxygens (including phenoxy) is 1. The van der Waals surface area contributed by atoms with Gasteiger partial charge in [-0.3, -0.25) is 4.79 Å². The molecule has 2 rings (SSSR count). The average Bonchev–Trinajstić information content (AvgIpc) is 2.49. The molecule has 0 atom stereocenters. The van der Waals surface area contributed by atoms with Crippen molar-refractivity contribution in [2.75, 3.05) is 18.5 Å². The molecule has 1 amide bonds. The van der Waals surface area contributed by atoms with Gasteiger partial charge in [-0.05, 0) is 37.5 Å². The average molecular weight is 288 g/mol. The summed E-state index contributed by atoms with van der Waals surface area (Å²) in [6.45, 7) is 2.51. The molecule has 0 spiro atoms. The summed E-state index contributed by atoms with van der Waals surface area (Å²) in [6, 6.07) is 6.59. The summed E-state index contributed by atoms with van der Waals surface area (Å²) in [6.07, 6.45) is 0.681. The quantitative estimate of drug-likeness (QED) is 0.885. The molecule has 1 fully saturated rings. The SMILES string of the molecule is Cc1ccc(C(=O)O)cc1NC(=O)C1(C#N)CCOCC1. The smallest absolute Gasteiger partial charge is 0.335 e. The Bertz CT molecular complexity index is 613. The molecule has 21 heavy (non-hydrogen) atoms. The molecular formula is C15H16N2O4. The van der Waals surface area contributed by atoms with Crippen LogP contribution in [0, 0.1) is 23.7 Å². The van der Waals surface area contributed by atoms with Gasteiger partial charge in [0, 0.05) is 18.9 Å². The molecule has 1 heterocycles. The minimum atomic E-state index is -1.11. The van der Waals surface area contributed by atoms with Crippen molar-refractivity contribution in [3.63, 3.8) is 0 Å². The Balaban J connectivity index is 2.25. The van der Waals surface area contributed by atoms with Crippen LogP contribution in [-0.2, 0) is 9.53 Å². The van der Waals surface area contributed by atoms with Crippen molar-refractivity contribution >= 4 is 17.6 Å². The fourth-order valence-corrected chi connectivity index (χ4v) is 2.24. The molecular weight excluding hydrogens is 272 g/mol. The van der Waals surface area contributed by atoms with Gasteiger partial charge in [0.05, 0.1) is 11.6 Å². The van der Waals surface area contributed by atoms with Gasteiger partial charge in [-0.2, -0.15) is 5.26 Å². The lowest BCUT2D eigenvalue weighted by Crippen LogP contribution is -2.40. The molecule has 0 unspecified atom stereocenters. The van der Waals surface area contributed by atoms with Crippen LogP contribution in [0.5, 0.6) is 0 Å². The number of carbonyl (C=O) groups excluding carboxylic acids is 1. The van der Waals surface area contributed by atoms with Crippen molar-refractivity contribution in [3.8, 4) is 6.07 Å². The van der Waals surface area contributed by atoms with Crippen molar-refractivity contribution < 1.29 is 19.4 Å². The number of anilines is 1. The number of aromatic carboxylic acids is 1. The van der Waals surface area contributed by atoms with Crippen LogP contribution in [0.2, 0.25) is 0 Å². The number of amides is 1. The van der Waals surface area contributed by atoms with Crippen molar-refractivity contribution in [2.45, 2.75) is 19.8 Å². The van der Waals surface area contributed by atoms with Crippen molar-refractivity contribution in [1.29, 1.82) is 5.26 Å². The van der Waals surface area contributed by atoms with E-state index in [1.54, 1.807) is 13.0 Å². The van der Waals surface area contributed by atoms with Crippen LogP contribution in [-0.4, -0.2) is 30.2 Å². The summed E-state index contributed by atoms with van der Waals surface area (Å²) in [4.78, 5) is 23.4. The number of rotatable bonds is 3. The van der Waals surface area contributed by atoms with E-state index in [0.717, 1.165) is 5.56 Å². The molecule has 0 aliphatic carbocycles. The van der Waals surface area contributed by atoms with Crippen molar-refractivity contribution in [1.82, 2.24) is 0 Å². The minimum Gasteiger partial charge on any atom is -0.478 e. The van der Waals surface area contributed by atoms with E-state index in [9.17, 15) is 14.9 Å². The Labute approximate surface area is 122 Å². The second kappa shape index (κ2) is 5.94. The normalized spacial score (nSPS) is 16.8. The third-order valence-electron chi connectivity index (χ3n) is 3.73. The lowest BCUT2D eigenvalue weighted by atomic mass is 9.80. The number of carbonyl (C=O) groups is 2. The molecule has 110 valence electrons. The number of hydrogen-bond acceptors (Lipinski definition) is 4. The van der Waals surface area contributed by atoms with Crippen LogP contribution in [0.25, 0.3) is 0 Å². The van der Waals surface area contributed by atoms with Crippen LogP contribution >= 0.6 is 0 Å². The summed E-state index contributed by atoms with van der Waals surface area (Å²) >= 11 is 0. The van der Waals surface area contributed by atoms with Gasteiger partial charge in [0.1, 0.15) is 5.41 Å². The van der Waals surface area contributed by atoms with E-state index >= 15 is 0 Å². The molecule has 6 heteroatoms. The Hall–Kier alpha value is -2.39. The Morgan fingerprint density at radius 1 is 1.38 bits per heavy atom. The monoisotopic (exact) mass is 288 g/mol. The summed E-state index contributed by atoms with van der Waals surface area (Å²) in [5, 5.41) is 21.0. The summed E-state index contributed by atoms with van der Waals surface area (Å²) in [7, 11) is 0. The van der Waals surface area contributed by atoms with Gasteiger partial charge in [-0.25, -0.2) is 4.79 Å². The van der Waals surface area contributed by atoms with E-state index in [0.29, 0.717) is 31.7 Å². The fourth-order valence-electron chi connectivity index (χ4n) is 2.24. The number of nitrogens with one attached hydrogen (secondary N) is 1. The molecule has 2 N–H and O–H groups in total. The Morgan fingerprint density at radius 2 is 2.05 bits per heavy atom. The first-order chi connectivity index (χ1) is 9.98. The maximum atomic E-state index is 12.4. The molecule has 1 aliphatic heterocycles. The number of benzene rings is 1. The first-order valence-electron chi connectivity index (χ1n) is 6.63. The zero-order valence-electron chi connectivity index (χ0n) is 11.7. The van der Waals surface area contributed by atoms with Gasteiger partial charge in [0.2, 0.25) is 5.91 Å². The van der Waals surface area contributed by atoms with Gasteiger partial charge in [0.15, 0.2) is 0 Å². The standard InChI is InChI=1S/C15H16N2O4/c1-10-2-3-11(13(18)19)8-12(10)17-14(20)15(9-16)4-6-21-7-5-15/h2-3,8H,4-7H2,1H3,(H,17,20)(H,18,19). The van der Waals surface area contributed by atoms with Crippen LogP contribution in [0.1, 0.15) is 28.8 Å². The highest BCUT2D eigenvalue weighted by Crippen LogP contribution is 2.31. The van der Waals surface area contributed by atoms with Gasteiger partial charge in [0.25, 0.3) is 0 Å². The molecule has 0 aromatic heterocycles. The predicted octanol–water partition coefficient (Wildman–Crippen LogP) is 1.95. The second-order valence-corrected chi connectivity index (χ2v) is 5.10. The third kappa shape index (κ3) is 3.03. The van der Waals surface area contributed by atoms with Gasteiger partial charge >= 0.3 is 5.97 Å². The number of aryl methyl sites for hydroxylation is 1. The molecule has 1 aromatic rings. The largest absolute Gasteiger partial charge is 0.478 e. The number of nitriles is 1. The zero-order chi connectivity index (χ0) is 15.5. The van der Waals surface area contributed by atoms with E-state index in [-0.39, 0.29) is 5.56 Å². The third-order valence-corrected chi connectivity index (χ3v) is 3.73. The number of carboxylic acid groups (broad SMARTS) is 1. The molecule has 0 bridgehead atoms. The Morgan fingerprint density at radius 3 is 2.62 bits per heavy atom. The first-order valence-corrected chi connectivity index (χ1v) is 6.63. The summed E-state index contributed by atoms with van der Waals surface area (Å²) in [5.74, 6) is -1.47. The maximum absolute atomic E-state index is 12.4. The second-order valence-electron chi connectivity index (χ2n) is 5.10. The molecule has 0 saturated carbocycles. The molecule has 1 aromatic carbocycles. The fraction of sp³-hybridized carbons (Fsp3) is 0.400. The minimum absolute atomic E-state index is 0.0916. The van der Waals surface area contributed by atoms with E-state index in [4.69, 9.17) is 9.84 Å². The zero-order valence-corrected chi connectivity index (χ0v) is 11.7. The lowest BCUT2D eigenvalue weighted by molar-refractivity contribution is -0.126. The van der Waals surface area contributed by atoms with Gasteiger partial charge < -0.3 is 15.2 Å². The highest BCUT2D eigenvalue weighted by Gasteiger charge is 2.40. The van der Waals surface area contributed by atoms with Crippen LogP contribution < -0.4 is 5.32 Å². The van der Waals surface area contributed by atoms with Crippen LogP contribution in [0.3, 0.4) is 0 Å². The van der Waals surface area contributed by atoms with Crippen LogP contribution in [0.4, 0.5) is 5.69 Å². The van der Waals surface area contributed by atoms with E-state index in [2.05, 4.69) is 11.4 Å². The highest BCUT2D eigenvalue weighted by molar-refractivity contribution is 5.99. The maximum Gasteiger partial charge on any atom is 0.335 e. The van der Waals surface area contributed by atoms with E-state index in [1.807, 2.05) is 0 Å². The number of hydrogen-bond donors (Lipinski definition) is 2. The lowest BCUT2D eigenvalue weighted by Gasteiger charge is -2.29. The topological polar surface area (TPSA) is 99.4 Å².